The predicted octanol–water partition coefficient (Wildman–Crippen LogP) is 1.07. The van der Waals surface area contributed by atoms with Gasteiger partial charge >= 0.3 is 5.97 Å². The monoisotopic (exact) mass is 252 g/mol. The van der Waals surface area contributed by atoms with E-state index in [0.717, 1.165) is 12.1 Å². The lowest BCUT2D eigenvalue weighted by molar-refractivity contribution is 0.0586. The largest absolute Gasteiger partial charge is 0.463 e. The van der Waals surface area contributed by atoms with Crippen LogP contribution in [0.1, 0.15) is 21.2 Å². The zero-order valence-electron chi connectivity index (χ0n) is 9.58. The molecule has 2 aromatic heterocycles. The van der Waals surface area contributed by atoms with Gasteiger partial charge in [-0.15, -0.1) is 16.4 Å². The van der Waals surface area contributed by atoms with Crippen molar-refractivity contribution in [2.24, 2.45) is 0 Å². The molecule has 0 amide bonds. The van der Waals surface area contributed by atoms with Crippen molar-refractivity contribution in [2.75, 3.05) is 7.11 Å². The van der Waals surface area contributed by atoms with Gasteiger partial charge in [0.25, 0.3) is 5.82 Å². The molecule has 17 heavy (non-hydrogen) atoms. The van der Waals surface area contributed by atoms with Crippen LogP contribution in [-0.2, 0) is 17.7 Å². The smallest absolute Gasteiger partial charge is 0.377 e. The van der Waals surface area contributed by atoms with Gasteiger partial charge in [0.2, 0.25) is 0 Å². The lowest BCUT2D eigenvalue weighted by Crippen LogP contribution is -2.07. The number of ether oxygens (including phenoxy) is 1. The second kappa shape index (κ2) is 5.05. The van der Waals surface area contributed by atoms with Crippen LogP contribution in [0.25, 0.3) is 0 Å². The molecule has 2 aromatic rings. The van der Waals surface area contributed by atoms with Gasteiger partial charge in [0.15, 0.2) is 0 Å². The van der Waals surface area contributed by atoms with Gasteiger partial charge in [-0.05, 0) is 6.92 Å². The Balaban J connectivity index is 1.98. The third kappa shape index (κ3) is 2.68. The molecule has 0 atom stereocenters. The van der Waals surface area contributed by atoms with Crippen LogP contribution in [0.15, 0.2) is 11.8 Å². The summed E-state index contributed by atoms with van der Waals surface area (Å²) in [6.45, 7) is 2.65. The van der Waals surface area contributed by atoms with Crippen LogP contribution >= 0.6 is 11.3 Å². The molecule has 0 aliphatic rings. The summed E-state index contributed by atoms with van der Waals surface area (Å²) >= 11 is 1.62. The number of aryl methyl sites for hydroxylation is 3. The minimum absolute atomic E-state index is 0.0912. The maximum Gasteiger partial charge on any atom is 0.377 e. The van der Waals surface area contributed by atoms with Crippen molar-refractivity contribution in [3.05, 3.63) is 28.2 Å². The summed E-state index contributed by atoms with van der Waals surface area (Å²) in [5.41, 5.74) is 2.87. The maximum absolute atomic E-state index is 11.1. The highest BCUT2D eigenvalue weighted by Crippen LogP contribution is 2.13. The Bertz CT molecular complexity index is 520. The fraction of sp³-hybridized carbons (Fsp3) is 0.400. The van der Waals surface area contributed by atoms with Gasteiger partial charge in [-0.1, -0.05) is 0 Å². The van der Waals surface area contributed by atoms with Crippen molar-refractivity contribution in [3.63, 3.8) is 0 Å². The molecule has 7 heteroatoms. The number of hydrogen-bond donors (Lipinski definition) is 0. The Morgan fingerprint density at radius 3 is 3.00 bits per heavy atom. The fourth-order valence-electron chi connectivity index (χ4n) is 1.37. The summed E-state index contributed by atoms with van der Waals surface area (Å²) in [6, 6.07) is 0. The summed E-state index contributed by atoms with van der Waals surface area (Å²) < 4.78 is 6.16. The zero-order chi connectivity index (χ0) is 12.3. The van der Waals surface area contributed by atoms with Crippen LogP contribution in [0.2, 0.25) is 0 Å². The van der Waals surface area contributed by atoms with Gasteiger partial charge in [-0.3, -0.25) is 4.68 Å². The summed E-state index contributed by atoms with van der Waals surface area (Å²) in [4.78, 5) is 20.4. The molecule has 0 unspecified atom stereocenters. The van der Waals surface area contributed by atoms with Gasteiger partial charge in [-0.2, -0.15) is 0 Å². The molecule has 0 aliphatic heterocycles. The van der Waals surface area contributed by atoms with E-state index in [9.17, 15) is 4.79 Å². The van der Waals surface area contributed by atoms with Crippen LogP contribution in [0.4, 0.5) is 0 Å². The minimum atomic E-state index is -0.516. The lowest BCUT2D eigenvalue weighted by atomic mass is 10.3. The Morgan fingerprint density at radius 1 is 1.53 bits per heavy atom. The number of thiazole rings is 1. The molecule has 90 valence electrons. The fourth-order valence-corrected chi connectivity index (χ4v) is 2.14. The Morgan fingerprint density at radius 2 is 2.35 bits per heavy atom. The van der Waals surface area contributed by atoms with E-state index in [4.69, 9.17) is 0 Å². The van der Waals surface area contributed by atoms with E-state index in [1.165, 1.54) is 18.3 Å². The first kappa shape index (κ1) is 11.7. The number of methoxy groups -OCH3 is 1. The third-order valence-corrected chi connectivity index (χ3v) is 3.31. The summed E-state index contributed by atoms with van der Waals surface area (Å²) in [6.07, 6.45) is 2.36. The van der Waals surface area contributed by atoms with E-state index >= 15 is 0 Å². The highest BCUT2D eigenvalue weighted by Gasteiger charge is 2.11. The van der Waals surface area contributed by atoms with E-state index < -0.39 is 5.97 Å². The van der Waals surface area contributed by atoms with Gasteiger partial charge in [0, 0.05) is 17.8 Å². The maximum atomic E-state index is 11.1. The summed E-state index contributed by atoms with van der Waals surface area (Å²) in [5.74, 6) is -0.425. The Hall–Kier alpha value is -1.76. The third-order valence-electron chi connectivity index (χ3n) is 2.32. The van der Waals surface area contributed by atoms with Gasteiger partial charge in [-0.25, -0.2) is 14.8 Å². The number of hydrogen-bond acceptors (Lipinski definition) is 6. The van der Waals surface area contributed by atoms with E-state index in [-0.39, 0.29) is 5.82 Å². The molecular weight excluding hydrogens is 240 g/mol. The molecule has 0 aliphatic carbocycles. The second-order valence-electron chi connectivity index (χ2n) is 3.43. The average molecular weight is 252 g/mol. The van der Waals surface area contributed by atoms with Crippen LogP contribution < -0.4 is 0 Å². The van der Waals surface area contributed by atoms with Crippen LogP contribution in [0.5, 0.6) is 0 Å². The van der Waals surface area contributed by atoms with E-state index in [2.05, 4.69) is 19.8 Å². The topological polar surface area (TPSA) is 69.9 Å². The van der Waals surface area contributed by atoms with Crippen LogP contribution in [0, 0.1) is 6.92 Å². The van der Waals surface area contributed by atoms with Gasteiger partial charge < -0.3 is 4.74 Å². The number of carbonyl (C=O) groups is 1. The first-order chi connectivity index (χ1) is 8.20. The standard InChI is InChI=1S/C10H12N4O2S/c1-7-8(17-6-12-7)3-4-14-5-11-9(13-14)10(15)16-2/h5-6H,3-4H2,1-2H3. The van der Waals surface area contributed by atoms with Gasteiger partial charge in [0.05, 0.1) is 18.3 Å². The molecule has 0 N–H and O–H groups in total. The SMILES string of the molecule is COC(=O)c1ncn(CCc2scnc2C)n1. The average Bonchev–Trinajstić information content (AvgIpc) is 2.94. The molecule has 0 radical (unpaired) electrons. The molecule has 0 spiro atoms. The van der Waals surface area contributed by atoms with Crippen LogP contribution in [-0.4, -0.2) is 32.8 Å². The molecule has 2 heterocycles. The quantitative estimate of drug-likeness (QED) is 0.761. The number of esters is 1. The predicted molar refractivity (Wildman–Crippen MR) is 61.9 cm³/mol. The number of aromatic nitrogens is 4. The van der Waals surface area contributed by atoms with Crippen molar-refractivity contribution in [1.82, 2.24) is 19.7 Å². The summed E-state index contributed by atoms with van der Waals surface area (Å²) in [7, 11) is 1.31. The lowest BCUT2D eigenvalue weighted by Gasteiger charge is -1.99. The molecular formula is C10H12N4O2S. The highest BCUT2D eigenvalue weighted by molar-refractivity contribution is 7.09. The molecule has 0 saturated heterocycles. The molecule has 0 saturated carbocycles. The van der Waals surface area contributed by atoms with Crippen molar-refractivity contribution in [3.8, 4) is 0 Å². The van der Waals surface area contributed by atoms with E-state index in [0.29, 0.717) is 6.54 Å². The van der Waals surface area contributed by atoms with Crippen molar-refractivity contribution < 1.29 is 9.53 Å². The molecule has 2 rings (SSSR count). The highest BCUT2D eigenvalue weighted by atomic mass is 32.1. The second-order valence-corrected chi connectivity index (χ2v) is 4.37. The normalized spacial score (nSPS) is 10.5. The number of nitrogens with zero attached hydrogens (tertiary/aromatic N) is 4. The first-order valence-electron chi connectivity index (χ1n) is 5.07. The molecule has 0 aromatic carbocycles. The summed E-state index contributed by atoms with van der Waals surface area (Å²) in [5, 5.41) is 4.03. The Kier molecular flexibility index (Phi) is 3.48. The molecule has 0 bridgehead atoms. The first-order valence-corrected chi connectivity index (χ1v) is 5.95. The van der Waals surface area contributed by atoms with Crippen LogP contribution in [0.3, 0.4) is 0 Å². The van der Waals surface area contributed by atoms with Crippen molar-refractivity contribution >= 4 is 17.3 Å². The van der Waals surface area contributed by atoms with Crippen molar-refractivity contribution in [2.45, 2.75) is 19.9 Å². The zero-order valence-corrected chi connectivity index (χ0v) is 10.4. The molecule has 6 nitrogen and oxygen atoms in total. The van der Waals surface area contributed by atoms with Crippen molar-refractivity contribution in [1.29, 1.82) is 0 Å². The minimum Gasteiger partial charge on any atom is -0.463 e. The molecule has 0 fully saturated rings. The van der Waals surface area contributed by atoms with E-state index in [1.54, 1.807) is 16.0 Å². The number of carbonyl (C=O) groups excluding carboxylic acids is 1. The Labute approximate surface area is 102 Å². The van der Waals surface area contributed by atoms with Gasteiger partial charge in [0.1, 0.15) is 6.33 Å². The van der Waals surface area contributed by atoms with E-state index in [1.807, 2.05) is 12.4 Å². The number of rotatable bonds is 4.